The van der Waals surface area contributed by atoms with E-state index in [1.165, 1.54) is 4.90 Å². The molecule has 4 heteroatoms. The number of carbonyl (C=O) groups excluding carboxylic acids is 1. The smallest absolute Gasteiger partial charge is 0.253 e. The number of carbonyl (C=O) groups is 1. The Kier molecular flexibility index (Phi) is 5.72. The van der Waals surface area contributed by atoms with Gasteiger partial charge < -0.3 is 9.88 Å². The van der Waals surface area contributed by atoms with Gasteiger partial charge in [0.1, 0.15) is 0 Å². The summed E-state index contributed by atoms with van der Waals surface area (Å²) < 4.78 is 2.20. The van der Waals surface area contributed by atoms with Gasteiger partial charge in [-0.2, -0.15) is 0 Å². The summed E-state index contributed by atoms with van der Waals surface area (Å²) >= 11 is 1.76. The molecule has 1 aromatic carbocycles. The van der Waals surface area contributed by atoms with Crippen LogP contribution in [0.25, 0.3) is 0 Å². The van der Waals surface area contributed by atoms with Gasteiger partial charge in [0.2, 0.25) is 0 Å². The number of hydrogen-bond acceptors (Lipinski definition) is 2. The van der Waals surface area contributed by atoms with E-state index in [4.69, 9.17) is 0 Å². The van der Waals surface area contributed by atoms with Gasteiger partial charge in [-0.05, 0) is 45.9 Å². The van der Waals surface area contributed by atoms with Gasteiger partial charge in [0.15, 0.2) is 0 Å². The van der Waals surface area contributed by atoms with Gasteiger partial charge >= 0.3 is 0 Å². The number of aryl methyl sites for hydroxylation is 1. The maximum Gasteiger partial charge on any atom is 0.253 e. The summed E-state index contributed by atoms with van der Waals surface area (Å²) in [6.45, 7) is 9.01. The predicted molar refractivity (Wildman–Crippen MR) is 93.8 cm³/mol. The van der Waals surface area contributed by atoms with Crippen molar-refractivity contribution in [2.45, 2.75) is 38.6 Å². The van der Waals surface area contributed by atoms with E-state index < -0.39 is 0 Å². The summed E-state index contributed by atoms with van der Waals surface area (Å²) in [6.07, 6.45) is 0. The molecule has 3 nitrogen and oxygen atoms in total. The molecule has 1 amide bonds. The molecule has 0 atom stereocenters. The molecule has 0 aliphatic rings. The van der Waals surface area contributed by atoms with Gasteiger partial charge in [-0.1, -0.05) is 18.2 Å². The topological polar surface area (TPSA) is 34.0 Å². The lowest BCUT2D eigenvalue weighted by molar-refractivity contribution is 0.0955. The van der Waals surface area contributed by atoms with Gasteiger partial charge in [0, 0.05) is 34.6 Å². The fourth-order valence-corrected chi connectivity index (χ4v) is 3.54. The molecule has 0 spiro atoms. The van der Waals surface area contributed by atoms with Crippen LogP contribution in [-0.4, -0.2) is 22.8 Å². The molecule has 1 heterocycles. The highest BCUT2D eigenvalue weighted by Gasteiger charge is 2.16. The van der Waals surface area contributed by atoms with E-state index in [1.807, 2.05) is 31.2 Å². The Labute approximate surface area is 137 Å². The third kappa shape index (κ3) is 3.95. The van der Waals surface area contributed by atoms with Crippen molar-refractivity contribution in [1.29, 1.82) is 0 Å². The molecule has 1 aromatic heterocycles. The Morgan fingerprint density at radius 1 is 1.23 bits per heavy atom. The molecule has 0 aliphatic carbocycles. The van der Waals surface area contributed by atoms with Crippen molar-refractivity contribution in [2.24, 2.45) is 0 Å². The second-order valence-electron chi connectivity index (χ2n) is 5.67. The van der Waals surface area contributed by atoms with Crippen molar-refractivity contribution in [3.05, 3.63) is 53.3 Å². The first kappa shape index (κ1) is 16.7. The van der Waals surface area contributed by atoms with Crippen LogP contribution < -0.4 is 5.32 Å². The molecule has 0 unspecified atom stereocenters. The zero-order chi connectivity index (χ0) is 16.1. The number of amides is 1. The molecule has 0 radical (unpaired) electrons. The number of benzene rings is 1. The molecule has 0 bridgehead atoms. The monoisotopic (exact) mass is 316 g/mol. The second kappa shape index (κ2) is 7.54. The highest BCUT2D eigenvalue weighted by molar-refractivity contribution is 7.99. The Morgan fingerprint density at radius 2 is 1.91 bits per heavy atom. The van der Waals surface area contributed by atoms with Gasteiger partial charge in [-0.15, -0.1) is 11.8 Å². The maximum absolute atomic E-state index is 12.3. The van der Waals surface area contributed by atoms with Crippen molar-refractivity contribution < 1.29 is 4.79 Å². The van der Waals surface area contributed by atoms with Crippen molar-refractivity contribution in [3.63, 3.8) is 0 Å². The maximum atomic E-state index is 12.3. The van der Waals surface area contributed by atoms with Gasteiger partial charge in [0.25, 0.3) is 5.91 Å². The normalized spacial score (nSPS) is 11.0. The molecule has 0 aliphatic heterocycles. The van der Waals surface area contributed by atoms with Crippen LogP contribution in [0.1, 0.15) is 41.6 Å². The SMILES string of the molecule is Cc1cc(C(=O)NCCSc2ccccc2)c(C)n1C(C)C. The largest absolute Gasteiger partial charge is 0.351 e. The average molecular weight is 316 g/mol. The average Bonchev–Trinajstić information content (AvgIpc) is 2.79. The fraction of sp³-hybridized carbons (Fsp3) is 0.389. The summed E-state index contributed by atoms with van der Waals surface area (Å²) in [7, 11) is 0. The summed E-state index contributed by atoms with van der Waals surface area (Å²) in [5.74, 6) is 0.896. The summed E-state index contributed by atoms with van der Waals surface area (Å²) in [4.78, 5) is 13.6. The van der Waals surface area contributed by atoms with Gasteiger partial charge in [-0.3, -0.25) is 4.79 Å². The van der Waals surface area contributed by atoms with Crippen molar-refractivity contribution in [1.82, 2.24) is 9.88 Å². The second-order valence-corrected chi connectivity index (χ2v) is 6.83. The molecule has 2 aromatic rings. The molecule has 0 saturated carbocycles. The lowest BCUT2D eigenvalue weighted by Crippen LogP contribution is -2.26. The standard InChI is InChI=1S/C18H24N2OS/c1-13(2)20-14(3)12-17(15(20)4)18(21)19-10-11-22-16-8-6-5-7-9-16/h5-9,12-13H,10-11H2,1-4H3,(H,19,21). The Morgan fingerprint density at radius 3 is 2.50 bits per heavy atom. The lowest BCUT2D eigenvalue weighted by atomic mass is 10.2. The van der Waals surface area contributed by atoms with Crippen LogP contribution in [0.15, 0.2) is 41.3 Å². The minimum atomic E-state index is 0.0219. The van der Waals surface area contributed by atoms with E-state index in [-0.39, 0.29) is 5.91 Å². The molecule has 0 fully saturated rings. The molecular weight excluding hydrogens is 292 g/mol. The third-order valence-electron chi connectivity index (χ3n) is 3.64. The van der Waals surface area contributed by atoms with E-state index in [2.05, 4.69) is 42.8 Å². The summed E-state index contributed by atoms with van der Waals surface area (Å²) in [5, 5.41) is 3.02. The quantitative estimate of drug-likeness (QED) is 0.640. The number of thioether (sulfide) groups is 1. The van der Waals surface area contributed by atoms with Crippen LogP contribution in [0.5, 0.6) is 0 Å². The van der Waals surface area contributed by atoms with Crippen molar-refractivity contribution >= 4 is 17.7 Å². The van der Waals surface area contributed by atoms with Crippen LogP contribution in [0.2, 0.25) is 0 Å². The fourth-order valence-electron chi connectivity index (χ4n) is 2.75. The number of nitrogens with one attached hydrogen (secondary N) is 1. The number of rotatable bonds is 6. The first-order valence-corrected chi connectivity index (χ1v) is 8.63. The van der Waals surface area contributed by atoms with Crippen LogP contribution >= 0.6 is 11.8 Å². The minimum absolute atomic E-state index is 0.0219. The summed E-state index contributed by atoms with van der Waals surface area (Å²) in [5.41, 5.74) is 2.97. The highest BCUT2D eigenvalue weighted by atomic mass is 32.2. The lowest BCUT2D eigenvalue weighted by Gasteiger charge is -2.13. The van der Waals surface area contributed by atoms with Crippen molar-refractivity contribution in [3.8, 4) is 0 Å². The van der Waals surface area contributed by atoms with Crippen LogP contribution in [-0.2, 0) is 0 Å². The molecule has 0 saturated heterocycles. The first-order chi connectivity index (χ1) is 10.5. The summed E-state index contributed by atoms with van der Waals surface area (Å²) in [6, 6.07) is 12.6. The van der Waals surface area contributed by atoms with Crippen LogP contribution in [0, 0.1) is 13.8 Å². The van der Waals surface area contributed by atoms with E-state index in [0.29, 0.717) is 12.6 Å². The van der Waals surface area contributed by atoms with Crippen LogP contribution in [0.4, 0.5) is 0 Å². The molecular formula is C18H24N2OS. The number of nitrogens with zero attached hydrogens (tertiary/aromatic N) is 1. The molecule has 2 rings (SSSR count). The molecule has 1 N–H and O–H groups in total. The predicted octanol–water partition coefficient (Wildman–Crippen LogP) is 4.21. The van der Waals surface area contributed by atoms with Gasteiger partial charge in [-0.25, -0.2) is 0 Å². The van der Waals surface area contributed by atoms with E-state index in [9.17, 15) is 4.79 Å². The number of aromatic nitrogens is 1. The van der Waals surface area contributed by atoms with E-state index >= 15 is 0 Å². The third-order valence-corrected chi connectivity index (χ3v) is 4.66. The minimum Gasteiger partial charge on any atom is -0.351 e. The Hall–Kier alpha value is -1.68. The molecule has 22 heavy (non-hydrogen) atoms. The molecule has 118 valence electrons. The first-order valence-electron chi connectivity index (χ1n) is 7.65. The highest BCUT2D eigenvalue weighted by Crippen LogP contribution is 2.20. The van der Waals surface area contributed by atoms with Crippen molar-refractivity contribution in [2.75, 3.05) is 12.3 Å². The van der Waals surface area contributed by atoms with Gasteiger partial charge in [0.05, 0.1) is 5.56 Å². The Bertz CT molecular complexity index is 632. The van der Waals surface area contributed by atoms with Crippen LogP contribution in [0.3, 0.4) is 0 Å². The van der Waals surface area contributed by atoms with E-state index in [0.717, 1.165) is 22.7 Å². The zero-order valence-corrected chi connectivity index (χ0v) is 14.5. The zero-order valence-electron chi connectivity index (χ0n) is 13.7. The van der Waals surface area contributed by atoms with E-state index in [1.54, 1.807) is 11.8 Å². The number of hydrogen-bond donors (Lipinski definition) is 1. The Balaban J connectivity index is 1.89.